The number of benzene rings is 1. The van der Waals surface area contributed by atoms with Gasteiger partial charge in [0.05, 0.1) is 18.1 Å². The topological polar surface area (TPSA) is 76.3 Å². The number of carbonyl (C=O) groups is 1. The minimum absolute atomic E-state index is 0.0446. The van der Waals surface area contributed by atoms with Crippen molar-refractivity contribution >= 4 is 34.2 Å². The molecular formula is C22H27ClN6O2. The Hall–Kier alpha value is -2.87. The van der Waals surface area contributed by atoms with Crippen molar-refractivity contribution in [3.05, 3.63) is 52.2 Å². The summed E-state index contributed by atoms with van der Waals surface area (Å²) in [6.07, 6.45) is 3.33. The molecule has 164 valence electrons. The van der Waals surface area contributed by atoms with Crippen LogP contribution in [0.5, 0.6) is 0 Å². The number of aryl methyl sites for hydroxylation is 1. The highest BCUT2D eigenvalue weighted by Gasteiger charge is 2.22. The van der Waals surface area contributed by atoms with E-state index in [2.05, 4.69) is 15.0 Å². The Balaban J connectivity index is 1.38. The quantitative estimate of drug-likeness (QED) is 0.621. The molecule has 1 saturated heterocycles. The predicted octanol–water partition coefficient (Wildman–Crippen LogP) is 2.74. The van der Waals surface area contributed by atoms with Crippen LogP contribution in [0.1, 0.15) is 27.2 Å². The Bertz CT molecular complexity index is 1150. The molecule has 0 saturated carbocycles. The molecule has 1 aliphatic heterocycles. The molecule has 0 spiro atoms. The Morgan fingerprint density at radius 1 is 1.16 bits per heavy atom. The van der Waals surface area contributed by atoms with Crippen molar-refractivity contribution in [2.75, 3.05) is 31.1 Å². The summed E-state index contributed by atoms with van der Waals surface area (Å²) in [5.74, 6) is 0.0446. The molecule has 3 aromatic rings. The average Bonchev–Trinajstić information content (AvgIpc) is 3.19. The minimum atomic E-state index is -0.267. The van der Waals surface area contributed by atoms with E-state index in [1.807, 2.05) is 49.9 Å². The largest absolute Gasteiger partial charge is 0.368 e. The highest BCUT2D eigenvalue weighted by atomic mass is 35.5. The van der Waals surface area contributed by atoms with Crippen molar-refractivity contribution in [1.29, 1.82) is 0 Å². The lowest BCUT2D eigenvalue weighted by Crippen LogP contribution is -2.49. The molecule has 3 heterocycles. The fraction of sp³-hybridized carbons (Fsp3) is 0.455. The molecule has 1 fully saturated rings. The number of carbonyl (C=O) groups excluding carboxylic acids is 1. The van der Waals surface area contributed by atoms with Gasteiger partial charge in [-0.3, -0.25) is 14.2 Å². The summed E-state index contributed by atoms with van der Waals surface area (Å²) < 4.78 is 3.25. The molecule has 8 nitrogen and oxygen atoms in total. The number of hydrogen-bond acceptors (Lipinski definition) is 5. The molecule has 1 amide bonds. The molecule has 31 heavy (non-hydrogen) atoms. The van der Waals surface area contributed by atoms with Crippen LogP contribution in [0.4, 0.5) is 5.69 Å². The van der Waals surface area contributed by atoms with Crippen LogP contribution in [0.15, 0.2) is 41.6 Å². The number of amides is 1. The van der Waals surface area contributed by atoms with Crippen LogP contribution in [0, 0.1) is 0 Å². The molecule has 0 radical (unpaired) electrons. The molecule has 1 aliphatic rings. The second-order valence-electron chi connectivity index (χ2n) is 8.81. The van der Waals surface area contributed by atoms with Crippen LogP contribution < -0.4 is 10.5 Å². The third-order valence-corrected chi connectivity index (χ3v) is 5.80. The average molecular weight is 443 g/mol. The fourth-order valence-electron chi connectivity index (χ4n) is 3.86. The van der Waals surface area contributed by atoms with Crippen LogP contribution in [0.25, 0.3) is 11.0 Å². The van der Waals surface area contributed by atoms with E-state index in [9.17, 15) is 9.59 Å². The molecule has 4 rings (SSSR count). The number of fused-ring (bicyclic) bond motifs is 1. The van der Waals surface area contributed by atoms with Gasteiger partial charge in [0, 0.05) is 49.9 Å². The van der Waals surface area contributed by atoms with E-state index in [4.69, 9.17) is 11.6 Å². The van der Waals surface area contributed by atoms with Gasteiger partial charge in [-0.05, 0) is 39.0 Å². The third kappa shape index (κ3) is 4.44. The van der Waals surface area contributed by atoms with E-state index in [1.54, 1.807) is 10.9 Å². The summed E-state index contributed by atoms with van der Waals surface area (Å²) in [6, 6.07) is 7.76. The predicted molar refractivity (Wildman–Crippen MR) is 122 cm³/mol. The molecule has 0 unspecified atom stereocenters. The van der Waals surface area contributed by atoms with Gasteiger partial charge < -0.3 is 9.80 Å². The Kier molecular flexibility index (Phi) is 5.75. The Morgan fingerprint density at radius 3 is 2.58 bits per heavy atom. The van der Waals surface area contributed by atoms with Gasteiger partial charge in [0.25, 0.3) is 5.56 Å². The second kappa shape index (κ2) is 8.34. The molecule has 1 aromatic carbocycles. The van der Waals surface area contributed by atoms with Gasteiger partial charge in [-0.25, -0.2) is 9.67 Å². The first kappa shape index (κ1) is 21.4. The summed E-state index contributed by atoms with van der Waals surface area (Å²) in [6.45, 7) is 9.14. The summed E-state index contributed by atoms with van der Waals surface area (Å²) in [5, 5.41) is 5.51. The number of nitrogens with zero attached hydrogens (tertiary/aromatic N) is 6. The number of halogens is 1. The van der Waals surface area contributed by atoms with Gasteiger partial charge in [-0.15, -0.1) is 0 Å². The molecular weight excluding hydrogens is 416 g/mol. The molecule has 0 atom stereocenters. The van der Waals surface area contributed by atoms with Gasteiger partial charge in [-0.1, -0.05) is 17.7 Å². The Morgan fingerprint density at radius 2 is 1.90 bits per heavy atom. The van der Waals surface area contributed by atoms with Crippen molar-refractivity contribution in [2.24, 2.45) is 0 Å². The maximum absolute atomic E-state index is 12.8. The summed E-state index contributed by atoms with van der Waals surface area (Å²) in [5.41, 5.74) is 1.20. The molecule has 0 bridgehead atoms. The minimum Gasteiger partial charge on any atom is -0.368 e. The highest BCUT2D eigenvalue weighted by Crippen LogP contribution is 2.21. The van der Waals surface area contributed by atoms with Crippen molar-refractivity contribution in [3.8, 4) is 0 Å². The lowest BCUT2D eigenvalue weighted by molar-refractivity contribution is -0.131. The first-order valence-corrected chi connectivity index (χ1v) is 10.8. The van der Waals surface area contributed by atoms with E-state index in [-0.39, 0.29) is 23.4 Å². The highest BCUT2D eigenvalue weighted by molar-refractivity contribution is 6.30. The SMILES string of the molecule is CC(C)(C)n1ncc2c(=O)n(CCC(=O)N3CCN(c4cccc(Cl)c4)CC3)cnc21. The molecule has 2 aromatic heterocycles. The fourth-order valence-corrected chi connectivity index (χ4v) is 4.04. The smallest absolute Gasteiger partial charge is 0.264 e. The summed E-state index contributed by atoms with van der Waals surface area (Å²) in [4.78, 5) is 34.0. The van der Waals surface area contributed by atoms with Crippen LogP contribution in [-0.4, -0.2) is 56.3 Å². The first-order valence-electron chi connectivity index (χ1n) is 10.5. The van der Waals surface area contributed by atoms with Gasteiger partial charge in [0.2, 0.25) is 5.91 Å². The lowest BCUT2D eigenvalue weighted by atomic mass is 10.1. The van der Waals surface area contributed by atoms with Gasteiger partial charge in [0.1, 0.15) is 5.39 Å². The van der Waals surface area contributed by atoms with E-state index >= 15 is 0 Å². The summed E-state index contributed by atoms with van der Waals surface area (Å²) >= 11 is 6.09. The second-order valence-corrected chi connectivity index (χ2v) is 9.24. The summed E-state index contributed by atoms with van der Waals surface area (Å²) in [7, 11) is 0. The van der Waals surface area contributed by atoms with Crippen LogP contribution in [0.2, 0.25) is 5.02 Å². The first-order chi connectivity index (χ1) is 14.7. The molecule has 9 heteroatoms. The van der Waals surface area contributed by atoms with E-state index in [1.165, 1.54) is 10.9 Å². The van der Waals surface area contributed by atoms with E-state index in [0.29, 0.717) is 35.7 Å². The van der Waals surface area contributed by atoms with Crippen molar-refractivity contribution in [2.45, 2.75) is 39.3 Å². The normalized spacial score (nSPS) is 15.0. The van der Waals surface area contributed by atoms with Gasteiger partial charge >= 0.3 is 0 Å². The zero-order valence-electron chi connectivity index (χ0n) is 18.1. The molecule has 0 aliphatic carbocycles. The zero-order valence-corrected chi connectivity index (χ0v) is 18.8. The molecule has 0 N–H and O–H groups in total. The van der Waals surface area contributed by atoms with Crippen LogP contribution in [-0.2, 0) is 16.9 Å². The number of rotatable bonds is 4. The monoisotopic (exact) mass is 442 g/mol. The van der Waals surface area contributed by atoms with Crippen LogP contribution >= 0.6 is 11.6 Å². The maximum Gasteiger partial charge on any atom is 0.264 e. The third-order valence-electron chi connectivity index (χ3n) is 5.56. The Labute approximate surface area is 186 Å². The van der Waals surface area contributed by atoms with Crippen molar-refractivity contribution in [1.82, 2.24) is 24.2 Å². The van der Waals surface area contributed by atoms with Gasteiger partial charge in [0.15, 0.2) is 5.65 Å². The lowest BCUT2D eigenvalue weighted by Gasteiger charge is -2.36. The number of piperazine rings is 1. The van der Waals surface area contributed by atoms with Crippen molar-refractivity contribution in [3.63, 3.8) is 0 Å². The van der Waals surface area contributed by atoms with Crippen LogP contribution in [0.3, 0.4) is 0 Å². The standard InChI is InChI=1S/C22H27ClN6O2/c1-22(2,3)29-20-18(14-25-29)21(31)28(15-24-20)8-7-19(30)27-11-9-26(10-12-27)17-6-4-5-16(23)13-17/h4-6,13-15H,7-12H2,1-3H3. The number of aromatic nitrogens is 4. The number of hydrogen-bond donors (Lipinski definition) is 0. The maximum atomic E-state index is 12.8. The number of anilines is 1. The van der Waals surface area contributed by atoms with E-state index in [0.717, 1.165) is 18.8 Å². The zero-order chi connectivity index (χ0) is 22.2. The van der Waals surface area contributed by atoms with E-state index < -0.39 is 0 Å². The van der Waals surface area contributed by atoms with Crippen molar-refractivity contribution < 1.29 is 4.79 Å². The van der Waals surface area contributed by atoms with Gasteiger partial charge in [-0.2, -0.15) is 5.10 Å².